The van der Waals surface area contributed by atoms with Crippen LogP contribution >= 0.6 is 11.8 Å². The molecule has 186 valence electrons. The third-order valence-electron chi connectivity index (χ3n) is 5.12. The third-order valence-corrected chi connectivity index (χ3v) is 6.04. The zero-order chi connectivity index (χ0) is 25.4. The van der Waals surface area contributed by atoms with E-state index in [0.29, 0.717) is 17.6 Å². The molecule has 0 saturated heterocycles. The van der Waals surface area contributed by atoms with Crippen molar-refractivity contribution in [1.29, 1.82) is 0 Å². The van der Waals surface area contributed by atoms with E-state index < -0.39 is 5.97 Å². The lowest BCUT2D eigenvalue weighted by Gasteiger charge is -2.19. The van der Waals surface area contributed by atoms with Crippen LogP contribution in [0.15, 0.2) is 53.7 Å². The Kier molecular flexibility index (Phi) is 8.92. The summed E-state index contributed by atoms with van der Waals surface area (Å²) in [6, 6.07) is 15.9. The van der Waals surface area contributed by atoms with Crippen LogP contribution in [0.5, 0.6) is 5.75 Å². The van der Waals surface area contributed by atoms with Gasteiger partial charge in [0.2, 0.25) is 5.91 Å². The summed E-state index contributed by atoms with van der Waals surface area (Å²) in [7, 11) is 0. The molecule has 0 fully saturated rings. The first-order valence-electron chi connectivity index (χ1n) is 11.6. The minimum absolute atomic E-state index is 0.0409. The predicted molar refractivity (Wildman–Crippen MR) is 137 cm³/mol. The van der Waals surface area contributed by atoms with Crippen molar-refractivity contribution in [3.05, 3.63) is 54.1 Å². The molecule has 9 heteroatoms. The number of esters is 1. The van der Waals surface area contributed by atoms with E-state index in [1.165, 1.54) is 17.3 Å². The number of aromatic nitrogens is 3. The maximum absolute atomic E-state index is 12.3. The van der Waals surface area contributed by atoms with Gasteiger partial charge in [0.05, 0.1) is 19.0 Å². The van der Waals surface area contributed by atoms with E-state index in [9.17, 15) is 9.59 Å². The highest BCUT2D eigenvalue weighted by atomic mass is 32.2. The number of hydrogen-bond donors (Lipinski definition) is 1. The van der Waals surface area contributed by atoms with E-state index in [1.54, 1.807) is 6.92 Å². The first-order valence-corrected chi connectivity index (χ1v) is 12.6. The summed E-state index contributed by atoms with van der Waals surface area (Å²) in [5.74, 6) is 0.763. The van der Waals surface area contributed by atoms with Crippen molar-refractivity contribution in [3.63, 3.8) is 0 Å². The van der Waals surface area contributed by atoms with Gasteiger partial charge in [-0.1, -0.05) is 56.8 Å². The van der Waals surface area contributed by atoms with Gasteiger partial charge in [-0.05, 0) is 49.1 Å². The Balaban J connectivity index is 1.87. The van der Waals surface area contributed by atoms with Crippen LogP contribution in [0.3, 0.4) is 0 Å². The summed E-state index contributed by atoms with van der Waals surface area (Å²) in [6.45, 7) is 10.9. The molecule has 35 heavy (non-hydrogen) atoms. The van der Waals surface area contributed by atoms with Gasteiger partial charge in [0.15, 0.2) is 11.0 Å². The largest absolute Gasteiger partial charge is 0.494 e. The molecule has 0 saturated carbocycles. The lowest BCUT2D eigenvalue weighted by Crippen LogP contribution is -2.31. The average molecular weight is 497 g/mol. The number of benzene rings is 2. The number of carbonyl (C=O) groups excluding carboxylic acids is 2. The Morgan fingerprint density at radius 1 is 0.971 bits per heavy atom. The van der Waals surface area contributed by atoms with Crippen LogP contribution in [0.2, 0.25) is 0 Å². The summed E-state index contributed by atoms with van der Waals surface area (Å²) in [5.41, 5.74) is 3.03. The van der Waals surface area contributed by atoms with Gasteiger partial charge in [0.25, 0.3) is 0 Å². The van der Waals surface area contributed by atoms with E-state index in [2.05, 4.69) is 48.4 Å². The molecule has 3 rings (SSSR count). The Labute approximate surface area is 210 Å². The molecule has 1 amide bonds. The van der Waals surface area contributed by atoms with Crippen molar-refractivity contribution in [2.24, 2.45) is 0 Å². The van der Waals surface area contributed by atoms with E-state index in [-0.39, 0.29) is 30.2 Å². The first-order chi connectivity index (χ1) is 16.7. The topological polar surface area (TPSA) is 95.3 Å². The fourth-order valence-electron chi connectivity index (χ4n) is 3.32. The van der Waals surface area contributed by atoms with Crippen molar-refractivity contribution in [2.45, 2.75) is 45.2 Å². The Morgan fingerprint density at radius 2 is 1.66 bits per heavy atom. The molecular weight excluding hydrogens is 464 g/mol. The number of ether oxygens (including phenoxy) is 2. The molecule has 1 aromatic heterocycles. The molecule has 8 nitrogen and oxygen atoms in total. The SMILES string of the molecule is CCOC(=O)CNC(=O)CSc1nnc(-c2ccc(C(C)(C)C)cc2)n1-c1ccc(OCC)cc1. The second kappa shape index (κ2) is 11.9. The van der Waals surface area contributed by atoms with E-state index in [4.69, 9.17) is 9.47 Å². The van der Waals surface area contributed by atoms with E-state index in [1.807, 2.05) is 47.9 Å². The van der Waals surface area contributed by atoms with Gasteiger partial charge in [0, 0.05) is 11.3 Å². The van der Waals surface area contributed by atoms with Gasteiger partial charge < -0.3 is 14.8 Å². The van der Waals surface area contributed by atoms with Crippen LogP contribution in [-0.4, -0.2) is 52.2 Å². The fraction of sp³-hybridized carbons (Fsp3) is 0.385. The van der Waals surface area contributed by atoms with Crippen LogP contribution in [-0.2, 0) is 19.7 Å². The minimum atomic E-state index is -0.468. The highest BCUT2D eigenvalue weighted by Gasteiger charge is 2.19. The Hall–Kier alpha value is -3.33. The molecule has 0 unspecified atom stereocenters. The number of nitrogens with zero attached hydrogens (tertiary/aromatic N) is 3. The molecule has 0 spiro atoms. The average Bonchev–Trinajstić information content (AvgIpc) is 3.26. The number of hydrogen-bond acceptors (Lipinski definition) is 7. The predicted octanol–water partition coefficient (Wildman–Crippen LogP) is 4.40. The Morgan fingerprint density at radius 3 is 2.26 bits per heavy atom. The molecule has 0 aliphatic carbocycles. The zero-order valence-electron chi connectivity index (χ0n) is 20.8. The maximum atomic E-state index is 12.3. The number of amides is 1. The van der Waals surface area contributed by atoms with Gasteiger partial charge in [0.1, 0.15) is 12.3 Å². The van der Waals surface area contributed by atoms with Crippen molar-refractivity contribution >= 4 is 23.6 Å². The van der Waals surface area contributed by atoms with E-state index in [0.717, 1.165) is 17.0 Å². The number of rotatable bonds is 10. The summed E-state index contributed by atoms with van der Waals surface area (Å²) in [6.07, 6.45) is 0. The highest BCUT2D eigenvalue weighted by molar-refractivity contribution is 7.99. The summed E-state index contributed by atoms with van der Waals surface area (Å²) in [4.78, 5) is 23.8. The minimum Gasteiger partial charge on any atom is -0.494 e. The summed E-state index contributed by atoms with van der Waals surface area (Å²) >= 11 is 1.25. The van der Waals surface area contributed by atoms with Crippen LogP contribution < -0.4 is 10.1 Å². The third kappa shape index (κ3) is 7.08. The number of carbonyl (C=O) groups is 2. The molecule has 1 heterocycles. The van der Waals surface area contributed by atoms with Gasteiger partial charge in [-0.25, -0.2) is 0 Å². The van der Waals surface area contributed by atoms with Gasteiger partial charge in [-0.3, -0.25) is 14.2 Å². The molecular formula is C26H32N4O4S. The van der Waals surface area contributed by atoms with Crippen molar-refractivity contribution in [2.75, 3.05) is 25.5 Å². The first kappa shape index (κ1) is 26.3. The van der Waals surface area contributed by atoms with Crippen LogP contribution in [0.4, 0.5) is 0 Å². The van der Waals surface area contributed by atoms with E-state index >= 15 is 0 Å². The standard InChI is InChI=1S/C26H32N4O4S/c1-6-33-21-14-12-20(13-15-21)30-24(18-8-10-19(11-9-18)26(3,4)5)28-29-25(30)35-17-22(31)27-16-23(32)34-7-2/h8-15H,6-7,16-17H2,1-5H3,(H,27,31). The molecule has 3 aromatic rings. The fourth-order valence-corrected chi connectivity index (χ4v) is 4.11. The van der Waals surface area contributed by atoms with Gasteiger partial charge in [-0.2, -0.15) is 0 Å². The van der Waals surface area contributed by atoms with Crippen LogP contribution in [0.1, 0.15) is 40.2 Å². The summed E-state index contributed by atoms with van der Waals surface area (Å²) < 4.78 is 12.3. The molecule has 0 bridgehead atoms. The molecule has 2 aromatic carbocycles. The van der Waals surface area contributed by atoms with Crippen LogP contribution in [0.25, 0.3) is 17.1 Å². The molecule has 0 atom stereocenters. The lowest BCUT2D eigenvalue weighted by atomic mass is 9.87. The molecule has 0 radical (unpaired) electrons. The summed E-state index contributed by atoms with van der Waals surface area (Å²) in [5, 5.41) is 11.9. The normalized spacial score (nSPS) is 11.2. The van der Waals surface area contributed by atoms with Crippen molar-refractivity contribution in [3.8, 4) is 22.8 Å². The maximum Gasteiger partial charge on any atom is 0.325 e. The monoisotopic (exact) mass is 496 g/mol. The Bertz CT molecular complexity index is 1140. The van der Waals surface area contributed by atoms with Crippen LogP contribution in [0, 0.1) is 0 Å². The highest BCUT2D eigenvalue weighted by Crippen LogP contribution is 2.30. The second-order valence-corrected chi connectivity index (χ2v) is 9.71. The molecule has 0 aliphatic rings. The molecule has 1 N–H and O–H groups in total. The van der Waals surface area contributed by atoms with Gasteiger partial charge in [-0.15, -0.1) is 10.2 Å². The number of nitrogens with one attached hydrogen (secondary N) is 1. The van der Waals surface area contributed by atoms with Crippen molar-refractivity contribution < 1.29 is 19.1 Å². The lowest BCUT2D eigenvalue weighted by molar-refractivity contribution is -0.143. The molecule has 0 aliphatic heterocycles. The van der Waals surface area contributed by atoms with Crippen molar-refractivity contribution in [1.82, 2.24) is 20.1 Å². The number of thioether (sulfide) groups is 1. The smallest absolute Gasteiger partial charge is 0.325 e. The van der Waals surface area contributed by atoms with Gasteiger partial charge >= 0.3 is 5.97 Å². The zero-order valence-corrected chi connectivity index (χ0v) is 21.6. The quantitative estimate of drug-likeness (QED) is 0.328. The second-order valence-electron chi connectivity index (χ2n) is 8.77.